The summed E-state index contributed by atoms with van der Waals surface area (Å²) < 4.78 is 5.33. The highest BCUT2D eigenvalue weighted by Gasteiger charge is 2.29. The Morgan fingerprint density at radius 2 is 2.00 bits per heavy atom. The number of hydrogen-bond donors (Lipinski definition) is 1. The van der Waals surface area contributed by atoms with Crippen LogP contribution < -0.4 is 5.32 Å². The third-order valence-corrected chi connectivity index (χ3v) is 3.36. The minimum Gasteiger partial charge on any atom is -0.383 e. The molecule has 1 aliphatic rings. The van der Waals surface area contributed by atoms with Crippen LogP contribution in [0.4, 0.5) is 0 Å². The Balaban J connectivity index is 2.43. The predicted octanol–water partition coefficient (Wildman–Crippen LogP) is 1.73. The van der Waals surface area contributed by atoms with Gasteiger partial charge >= 0.3 is 0 Å². The van der Waals surface area contributed by atoms with Gasteiger partial charge < -0.3 is 10.1 Å². The van der Waals surface area contributed by atoms with Gasteiger partial charge in [-0.05, 0) is 12.3 Å². The molecule has 1 fully saturated rings. The van der Waals surface area contributed by atoms with Crippen molar-refractivity contribution in [3.63, 3.8) is 0 Å². The fourth-order valence-electron chi connectivity index (χ4n) is 2.59. The zero-order valence-corrected chi connectivity index (χ0v) is 11.5. The largest absolute Gasteiger partial charge is 0.383 e. The summed E-state index contributed by atoms with van der Waals surface area (Å²) in [6.07, 6.45) is 1.27. The van der Waals surface area contributed by atoms with E-state index in [9.17, 15) is 0 Å². The molecule has 3 nitrogen and oxygen atoms in total. The average molecular weight is 228 g/mol. The number of likely N-dealkylation sites (tertiary alicyclic amines) is 1. The number of methoxy groups -OCH3 is 1. The summed E-state index contributed by atoms with van der Waals surface area (Å²) in [6.45, 7) is 12.2. The molecule has 16 heavy (non-hydrogen) atoms. The lowest BCUT2D eigenvalue weighted by molar-refractivity contribution is 0.0777. The van der Waals surface area contributed by atoms with Crippen LogP contribution in [0, 0.1) is 5.92 Å². The van der Waals surface area contributed by atoms with E-state index in [4.69, 9.17) is 4.74 Å². The SMILES string of the molecule is COCC(C(C)C)N1CCC(NC(C)C)C1. The Labute approximate surface area is 101 Å². The Kier molecular flexibility index (Phi) is 5.73. The lowest BCUT2D eigenvalue weighted by Crippen LogP contribution is -2.43. The normalized spacial score (nSPS) is 24.6. The molecule has 0 radical (unpaired) electrons. The molecule has 0 saturated carbocycles. The highest BCUT2D eigenvalue weighted by molar-refractivity contribution is 4.87. The van der Waals surface area contributed by atoms with Crippen LogP contribution >= 0.6 is 0 Å². The van der Waals surface area contributed by atoms with Crippen molar-refractivity contribution in [2.24, 2.45) is 5.92 Å². The number of hydrogen-bond acceptors (Lipinski definition) is 3. The Morgan fingerprint density at radius 3 is 2.50 bits per heavy atom. The second kappa shape index (κ2) is 6.58. The molecule has 2 atom stereocenters. The molecule has 0 aromatic rings. The van der Waals surface area contributed by atoms with Crippen molar-refractivity contribution in [3.05, 3.63) is 0 Å². The third-order valence-electron chi connectivity index (χ3n) is 3.36. The van der Waals surface area contributed by atoms with E-state index in [1.54, 1.807) is 7.11 Å². The van der Waals surface area contributed by atoms with E-state index in [0.717, 1.165) is 6.61 Å². The van der Waals surface area contributed by atoms with Gasteiger partial charge in [0.05, 0.1) is 6.61 Å². The van der Waals surface area contributed by atoms with Gasteiger partial charge in [0, 0.05) is 38.3 Å². The molecule has 1 rings (SSSR count). The molecule has 2 unspecified atom stereocenters. The quantitative estimate of drug-likeness (QED) is 0.749. The topological polar surface area (TPSA) is 24.5 Å². The maximum absolute atomic E-state index is 5.33. The van der Waals surface area contributed by atoms with E-state index in [0.29, 0.717) is 24.0 Å². The highest BCUT2D eigenvalue weighted by atomic mass is 16.5. The Hall–Kier alpha value is -0.120. The first kappa shape index (κ1) is 13.9. The fraction of sp³-hybridized carbons (Fsp3) is 1.00. The first-order valence-electron chi connectivity index (χ1n) is 6.53. The predicted molar refractivity (Wildman–Crippen MR) is 68.8 cm³/mol. The first-order valence-corrected chi connectivity index (χ1v) is 6.53. The molecule has 3 heteroatoms. The molecule has 1 saturated heterocycles. The van der Waals surface area contributed by atoms with Gasteiger partial charge in [0.25, 0.3) is 0 Å². The average Bonchev–Trinajstić information content (AvgIpc) is 2.60. The van der Waals surface area contributed by atoms with Gasteiger partial charge in [-0.3, -0.25) is 4.90 Å². The van der Waals surface area contributed by atoms with E-state index >= 15 is 0 Å². The van der Waals surface area contributed by atoms with E-state index in [1.165, 1.54) is 19.5 Å². The van der Waals surface area contributed by atoms with Crippen LogP contribution in [0.25, 0.3) is 0 Å². The maximum atomic E-state index is 5.33. The highest BCUT2D eigenvalue weighted by Crippen LogP contribution is 2.18. The van der Waals surface area contributed by atoms with Gasteiger partial charge in [0.1, 0.15) is 0 Å². The molecule has 1 aliphatic heterocycles. The van der Waals surface area contributed by atoms with Gasteiger partial charge in [-0.2, -0.15) is 0 Å². The molecule has 1 N–H and O–H groups in total. The molecular formula is C13H28N2O. The van der Waals surface area contributed by atoms with Crippen LogP contribution in [-0.2, 0) is 4.74 Å². The van der Waals surface area contributed by atoms with Gasteiger partial charge in [-0.15, -0.1) is 0 Å². The van der Waals surface area contributed by atoms with Crippen molar-refractivity contribution in [1.82, 2.24) is 10.2 Å². The summed E-state index contributed by atoms with van der Waals surface area (Å²) in [6, 6.07) is 1.83. The summed E-state index contributed by atoms with van der Waals surface area (Å²) in [5.41, 5.74) is 0. The Morgan fingerprint density at radius 1 is 1.31 bits per heavy atom. The van der Waals surface area contributed by atoms with Crippen LogP contribution in [0.1, 0.15) is 34.1 Å². The summed E-state index contributed by atoms with van der Waals surface area (Å²) in [5.74, 6) is 0.665. The zero-order chi connectivity index (χ0) is 12.1. The summed E-state index contributed by atoms with van der Waals surface area (Å²) >= 11 is 0. The monoisotopic (exact) mass is 228 g/mol. The van der Waals surface area contributed by atoms with Crippen molar-refractivity contribution in [2.45, 2.75) is 52.2 Å². The van der Waals surface area contributed by atoms with E-state index in [-0.39, 0.29) is 0 Å². The van der Waals surface area contributed by atoms with Crippen molar-refractivity contribution in [3.8, 4) is 0 Å². The van der Waals surface area contributed by atoms with Gasteiger partial charge in [-0.1, -0.05) is 27.7 Å². The molecule has 0 bridgehead atoms. The van der Waals surface area contributed by atoms with E-state index < -0.39 is 0 Å². The van der Waals surface area contributed by atoms with E-state index in [1.807, 2.05) is 0 Å². The minimum absolute atomic E-state index is 0.573. The number of nitrogens with one attached hydrogen (secondary N) is 1. The minimum atomic E-state index is 0.573. The number of nitrogens with zero attached hydrogens (tertiary/aromatic N) is 1. The van der Waals surface area contributed by atoms with Crippen molar-refractivity contribution in [1.29, 1.82) is 0 Å². The van der Waals surface area contributed by atoms with Crippen LogP contribution in [-0.4, -0.2) is 49.8 Å². The Bertz CT molecular complexity index is 194. The maximum Gasteiger partial charge on any atom is 0.0620 e. The molecule has 0 spiro atoms. The number of rotatable bonds is 6. The van der Waals surface area contributed by atoms with E-state index in [2.05, 4.69) is 37.9 Å². The summed E-state index contributed by atoms with van der Waals surface area (Å²) in [5, 5.41) is 3.63. The van der Waals surface area contributed by atoms with Gasteiger partial charge in [0.2, 0.25) is 0 Å². The second-order valence-electron chi connectivity index (χ2n) is 5.57. The van der Waals surface area contributed by atoms with Crippen LogP contribution in [0.3, 0.4) is 0 Å². The van der Waals surface area contributed by atoms with Crippen LogP contribution in [0.2, 0.25) is 0 Å². The molecule has 0 amide bonds. The third kappa shape index (κ3) is 4.04. The van der Waals surface area contributed by atoms with Crippen molar-refractivity contribution in [2.75, 3.05) is 26.8 Å². The molecule has 0 aromatic heterocycles. The second-order valence-corrected chi connectivity index (χ2v) is 5.57. The van der Waals surface area contributed by atoms with Gasteiger partial charge in [-0.25, -0.2) is 0 Å². The van der Waals surface area contributed by atoms with Gasteiger partial charge in [0.15, 0.2) is 0 Å². The van der Waals surface area contributed by atoms with Crippen molar-refractivity contribution >= 4 is 0 Å². The molecule has 96 valence electrons. The molecule has 0 aliphatic carbocycles. The standard InChI is InChI=1S/C13H28N2O/c1-10(2)13(9-16-5)15-7-6-12(8-15)14-11(3)4/h10-14H,6-9H2,1-5H3. The number of ether oxygens (including phenoxy) is 1. The molecule has 1 heterocycles. The van der Waals surface area contributed by atoms with Crippen molar-refractivity contribution < 1.29 is 4.74 Å². The fourth-order valence-corrected chi connectivity index (χ4v) is 2.59. The molecule has 0 aromatic carbocycles. The lowest BCUT2D eigenvalue weighted by Gasteiger charge is -2.30. The molecular weight excluding hydrogens is 200 g/mol. The summed E-state index contributed by atoms with van der Waals surface area (Å²) in [7, 11) is 1.80. The first-order chi connectivity index (χ1) is 7.54. The zero-order valence-electron chi connectivity index (χ0n) is 11.5. The van der Waals surface area contributed by atoms with Crippen LogP contribution in [0.15, 0.2) is 0 Å². The smallest absolute Gasteiger partial charge is 0.0620 e. The van der Waals surface area contributed by atoms with Crippen LogP contribution in [0.5, 0.6) is 0 Å². The summed E-state index contributed by atoms with van der Waals surface area (Å²) in [4.78, 5) is 2.58. The lowest BCUT2D eigenvalue weighted by atomic mass is 10.0.